The smallest absolute Gasteiger partial charge is 0.334 e. The summed E-state index contributed by atoms with van der Waals surface area (Å²) >= 11 is 0. The summed E-state index contributed by atoms with van der Waals surface area (Å²) in [4.78, 5) is 12.5. The molecule has 0 aromatic rings. The highest BCUT2D eigenvalue weighted by molar-refractivity contribution is 5.82. The zero-order valence-corrected chi connectivity index (χ0v) is 13.2. The van der Waals surface area contributed by atoms with Crippen LogP contribution in [0.4, 0.5) is 13.2 Å². The van der Waals surface area contributed by atoms with E-state index in [0.717, 1.165) is 56.3 Å². The van der Waals surface area contributed by atoms with Crippen LogP contribution in [-0.2, 0) is 4.79 Å². The zero-order chi connectivity index (χ0) is 15.9. The van der Waals surface area contributed by atoms with Crippen molar-refractivity contribution >= 4 is 5.91 Å². The summed E-state index contributed by atoms with van der Waals surface area (Å²) in [6, 6.07) is 0. The highest BCUT2D eigenvalue weighted by atomic mass is 19.4. The molecule has 0 N–H and O–H groups in total. The molecule has 0 aliphatic carbocycles. The number of carbonyl (C=O) groups excluding carboxylic acids is 1. The number of amides is 1. The number of hydrogen-bond donors (Lipinski definition) is 0. The average molecular weight is 307 g/mol. The zero-order valence-electron chi connectivity index (χ0n) is 13.2. The van der Waals surface area contributed by atoms with Crippen molar-refractivity contribution < 1.29 is 18.0 Å². The number of nitrogens with zero attached hydrogens (tertiary/aromatic N) is 1. The van der Waals surface area contributed by atoms with Crippen molar-refractivity contribution in [3.63, 3.8) is 0 Å². The Labute approximate surface area is 126 Å². The van der Waals surface area contributed by atoms with E-state index in [1.54, 1.807) is 0 Å². The van der Waals surface area contributed by atoms with Crippen LogP contribution in [0.5, 0.6) is 0 Å². The van der Waals surface area contributed by atoms with Gasteiger partial charge in [0, 0.05) is 13.1 Å². The van der Waals surface area contributed by atoms with Crippen LogP contribution in [0.15, 0.2) is 0 Å². The van der Waals surface area contributed by atoms with Crippen molar-refractivity contribution in [1.29, 1.82) is 0 Å². The molecule has 5 heteroatoms. The van der Waals surface area contributed by atoms with Crippen molar-refractivity contribution in [3.05, 3.63) is 0 Å². The monoisotopic (exact) mass is 307 g/mol. The predicted octanol–water partition coefficient (Wildman–Crippen LogP) is 4.78. The third-order valence-corrected chi connectivity index (χ3v) is 4.46. The quantitative estimate of drug-likeness (QED) is 0.591. The van der Waals surface area contributed by atoms with Crippen LogP contribution in [0.25, 0.3) is 0 Å². The minimum Gasteiger partial charge on any atom is -0.334 e. The highest BCUT2D eigenvalue weighted by Crippen LogP contribution is 2.34. The van der Waals surface area contributed by atoms with Gasteiger partial charge >= 0.3 is 12.1 Å². The molecule has 1 aliphatic heterocycles. The second-order valence-electron chi connectivity index (χ2n) is 6.22. The van der Waals surface area contributed by atoms with Gasteiger partial charge in [-0.3, -0.25) is 4.79 Å². The summed E-state index contributed by atoms with van der Waals surface area (Å²) in [7, 11) is 0. The topological polar surface area (TPSA) is 20.3 Å². The molecular weight excluding hydrogens is 279 g/mol. The van der Waals surface area contributed by atoms with Crippen molar-refractivity contribution in [2.75, 3.05) is 13.1 Å². The maximum atomic E-state index is 12.6. The second kappa shape index (κ2) is 8.64. The number of alkyl halides is 3. The van der Waals surface area contributed by atoms with Gasteiger partial charge in [-0.05, 0) is 24.7 Å². The van der Waals surface area contributed by atoms with Crippen molar-refractivity contribution in [3.8, 4) is 0 Å². The molecule has 0 aromatic heterocycles. The van der Waals surface area contributed by atoms with Crippen LogP contribution in [0.3, 0.4) is 0 Å². The van der Waals surface area contributed by atoms with Gasteiger partial charge in [0.1, 0.15) is 0 Å². The molecular formula is C16H28F3NO. The van der Waals surface area contributed by atoms with E-state index in [4.69, 9.17) is 0 Å². The molecule has 1 rings (SSSR count). The molecule has 1 saturated heterocycles. The Morgan fingerprint density at radius 3 is 1.71 bits per heavy atom. The Balaban J connectivity index is 2.57. The molecule has 2 nitrogen and oxygen atoms in total. The lowest BCUT2D eigenvalue weighted by molar-refractivity contribution is -0.184. The lowest BCUT2D eigenvalue weighted by atomic mass is 9.87. The Hall–Kier alpha value is -0.740. The molecule has 1 heterocycles. The minimum atomic E-state index is -4.73. The third kappa shape index (κ3) is 5.87. The van der Waals surface area contributed by atoms with Gasteiger partial charge in [0.2, 0.25) is 0 Å². The van der Waals surface area contributed by atoms with E-state index in [2.05, 4.69) is 13.8 Å². The first kappa shape index (κ1) is 18.3. The fraction of sp³-hybridized carbons (Fsp3) is 0.938. The van der Waals surface area contributed by atoms with Crippen LogP contribution in [-0.4, -0.2) is 30.1 Å². The van der Waals surface area contributed by atoms with Gasteiger partial charge in [0.15, 0.2) is 0 Å². The summed E-state index contributed by atoms with van der Waals surface area (Å²) in [5.41, 5.74) is 0. The molecule has 1 fully saturated rings. The van der Waals surface area contributed by atoms with Gasteiger partial charge in [-0.2, -0.15) is 13.2 Å². The number of rotatable bonds is 8. The minimum absolute atomic E-state index is 0.250. The number of carbonyl (C=O) groups is 1. The molecule has 0 radical (unpaired) electrons. The summed E-state index contributed by atoms with van der Waals surface area (Å²) in [6.07, 6.45) is 3.73. The fourth-order valence-corrected chi connectivity index (χ4v) is 3.25. The number of hydrogen-bond acceptors (Lipinski definition) is 1. The Morgan fingerprint density at radius 1 is 0.952 bits per heavy atom. The molecule has 2 atom stereocenters. The Kier molecular flexibility index (Phi) is 7.53. The van der Waals surface area contributed by atoms with Crippen molar-refractivity contribution in [2.45, 2.75) is 71.4 Å². The fourth-order valence-electron chi connectivity index (χ4n) is 3.25. The lowest BCUT2D eigenvalue weighted by Gasteiger charge is -2.17. The third-order valence-electron chi connectivity index (χ3n) is 4.46. The molecule has 0 saturated carbocycles. The van der Waals surface area contributed by atoms with Gasteiger partial charge < -0.3 is 4.90 Å². The van der Waals surface area contributed by atoms with Gasteiger partial charge in [0.25, 0.3) is 0 Å². The molecule has 1 aliphatic rings. The highest BCUT2D eigenvalue weighted by Gasteiger charge is 2.46. The number of likely N-dealkylation sites (tertiary alicyclic amines) is 1. The normalized spacial score (nSPS) is 22.8. The number of unbranched alkanes of at least 4 members (excludes halogenated alkanes) is 4. The van der Waals surface area contributed by atoms with E-state index in [-0.39, 0.29) is 11.8 Å². The van der Waals surface area contributed by atoms with E-state index in [9.17, 15) is 18.0 Å². The van der Waals surface area contributed by atoms with E-state index in [1.165, 1.54) is 0 Å². The van der Waals surface area contributed by atoms with Crippen LogP contribution in [0.1, 0.15) is 65.2 Å². The Bertz CT molecular complexity index is 299. The molecule has 2 unspecified atom stereocenters. The van der Waals surface area contributed by atoms with Gasteiger partial charge in [0.05, 0.1) is 0 Å². The SMILES string of the molecule is CCCCCC1CN(C(=O)C(F)(F)F)CC1CCCCC. The first-order valence-corrected chi connectivity index (χ1v) is 8.26. The molecule has 1 amide bonds. The van der Waals surface area contributed by atoms with E-state index >= 15 is 0 Å². The molecule has 21 heavy (non-hydrogen) atoms. The predicted molar refractivity (Wildman–Crippen MR) is 77.9 cm³/mol. The molecule has 0 aromatic carbocycles. The first-order valence-electron chi connectivity index (χ1n) is 8.26. The Morgan fingerprint density at radius 2 is 1.38 bits per heavy atom. The van der Waals surface area contributed by atoms with Crippen LogP contribution in [0.2, 0.25) is 0 Å². The largest absolute Gasteiger partial charge is 0.471 e. The molecule has 0 bridgehead atoms. The van der Waals surface area contributed by atoms with Crippen molar-refractivity contribution in [2.24, 2.45) is 11.8 Å². The summed E-state index contributed by atoms with van der Waals surface area (Å²) in [5, 5.41) is 0. The average Bonchev–Trinajstić information content (AvgIpc) is 2.81. The summed E-state index contributed by atoms with van der Waals surface area (Å²) < 4.78 is 37.7. The lowest BCUT2D eigenvalue weighted by Crippen LogP contribution is -2.39. The van der Waals surface area contributed by atoms with Gasteiger partial charge in [-0.25, -0.2) is 0 Å². The van der Waals surface area contributed by atoms with E-state index in [0.29, 0.717) is 13.1 Å². The van der Waals surface area contributed by atoms with Crippen molar-refractivity contribution in [1.82, 2.24) is 4.90 Å². The standard InChI is InChI=1S/C16H28F3NO/c1-3-5-7-9-13-11-20(15(21)16(17,18)19)12-14(13)10-8-6-4-2/h13-14H,3-12H2,1-2H3. The van der Waals surface area contributed by atoms with E-state index in [1.807, 2.05) is 0 Å². The van der Waals surface area contributed by atoms with Crippen LogP contribution >= 0.6 is 0 Å². The first-order chi connectivity index (χ1) is 9.90. The summed E-state index contributed by atoms with van der Waals surface area (Å²) in [6.45, 7) is 4.82. The van der Waals surface area contributed by atoms with Gasteiger partial charge in [-0.1, -0.05) is 52.4 Å². The van der Waals surface area contributed by atoms with Crippen LogP contribution < -0.4 is 0 Å². The molecule has 124 valence electrons. The maximum Gasteiger partial charge on any atom is 0.471 e. The van der Waals surface area contributed by atoms with Crippen LogP contribution in [0, 0.1) is 11.8 Å². The maximum absolute atomic E-state index is 12.6. The summed E-state index contributed by atoms with van der Waals surface area (Å²) in [5.74, 6) is -1.15. The van der Waals surface area contributed by atoms with Gasteiger partial charge in [-0.15, -0.1) is 0 Å². The number of halogens is 3. The molecule has 0 spiro atoms. The van der Waals surface area contributed by atoms with E-state index < -0.39 is 12.1 Å². The second-order valence-corrected chi connectivity index (χ2v) is 6.22.